The van der Waals surface area contributed by atoms with Gasteiger partial charge in [0.15, 0.2) is 13.9 Å². The molecule has 4 heterocycles. The molecule has 240 valence electrons. The van der Waals surface area contributed by atoms with Gasteiger partial charge in [-0.25, -0.2) is 0 Å². The molecule has 6 rings (SSSR count). The lowest BCUT2D eigenvalue weighted by Gasteiger charge is -2.32. The van der Waals surface area contributed by atoms with Crippen LogP contribution < -0.4 is 19.9 Å². The average molecular weight is 635 g/mol. The molecule has 2 fully saturated rings. The quantitative estimate of drug-likeness (QED) is 0.286. The number of aliphatic hydroxyl groups is 1. The number of aryl methyl sites for hydroxylation is 1. The van der Waals surface area contributed by atoms with E-state index < -0.39 is 20.0 Å². The maximum absolute atomic E-state index is 14.8. The summed E-state index contributed by atoms with van der Waals surface area (Å²) in [5.74, 6) is 0.155. The Balaban J connectivity index is 1.34. The maximum atomic E-state index is 14.8. The lowest BCUT2D eigenvalue weighted by atomic mass is 9.82. The molecular formula is C32H42N6O6Si. The van der Waals surface area contributed by atoms with Gasteiger partial charge in [0.2, 0.25) is 5.91 Å². The Labute approximate surface area is 264 Å². The molecule has 3 N–H and O–H groups in total. The standard InChI is InChI=1S/C32H42N6O6Si/c1-21-30(45(3,4)42)28(10-13-36-20-23(11-15-39)34-35-36)44-32(21)26-17-25(43-2)8-9-27(26)38(31(32)41)19-22-6-5-7-24(16-22)37-14-12-33-18-29(37)40/h5-9,16-17,20-21,28,30,33,39,42H,10-15,18-19H2,1-4H3/t21-,28+,30-,32+/m0/s1. The molecule has 3 aromatic rings. The highest BCUT2D eigenvalue weighted by Crippen LogP contribution is 2.60. The summed E-state index contributed by atoms with van der Waals surface area (Å²) < 4.78 is 14.3. The first-order valence-electron chi connectivity index (χ1n) is 15.6. The molecule has 3 aliphatic heterocycles. The monoisotopic (exact) mass is 634 g/mol. The van der Waals surface area contributed by atoms with Gasteiger partial charge in [-0.15, -0.1) is 5.10 Å². The fourth-order valence-electron chi connectivity index (χ4n) is 7.43. The summed E-state index contributed by atoms with van der Waals surface area (Å²) in [5.41, 5.74) is 2.36. The van der Waals surface area contributed by atoms with Crippen molar-refractivity contribution in [1.29, 1.82) is 0 Å². The number of benzene rings is 2. The van der Waals surface area contributed by atoms with Crippen molar-refractivity contribution in [3.8, 4) is 5.75 Å². The number of ether oxygens (including phenoxy) is 2. The number of amides is 2. The van der Waals surface area contributed by atoms with Gasteiger partial charge in [-0.05, 0) is 55.4 Å². The minimum absolute atomic E-state index is 0.00349. The van der Waals surface area contributed by atoms with Crippen LogP contribution in [0.25, 0.3) is 0 Å². The van der Waals surface area contributed by atoms with Gasteiger partial charge in [-0.3, -0.25) is 14.3 Å². The molecule has 2 aromatic carbocycles. The summed E-state index contributed by atoms with van der Waals surface area (Å²) in [7, 11) is -1.24. The molecule has 2 amide bonds. The molecule has 1 spiro atoms. The second-order valence-corrected chi connectivity index (χ2v) is 16.7. The molecule has 3 aliphatic rings. The number of anilines is 2. The largest absolute Gasteiger partial charge is 0.497 e. The van der Waals surface area contributed by atoms with Crippen LogP contribution in [0.3, 0.4) is 0 Å². The number of methoxy groups -OCH3 is 1. The Bertz CT molecular complexity index is 1580. The van der Waals surface area contributed by atoms with Gasteiger partial charge in [-0.1, -0.05) is 24.3 Å². The van der Waals surface area contributed by atoms with Crippen LogP contribution in [0.15, 0.2) is 48.7 Å². The van der Waals surface area contributed by atoms with E-state index in [4.69, 9.17) is 9.47 Å². The van der Waals surface area contributed by atoms with E-state index in [1.807, 2.05) is 68.7 Å². The summed E-state index contributed by atoms with van der Waals surface area (Å²) in [4.78, 5) is 42.5. The van der Waals surface area contributed by atoms with Gasteiger partial charge < -0.3 is 34.5 Å². The number of carbonyl (C=O) groups is 2. The van der Waals surface area contributed by atoms with Gasteiger partial charge in [0.05, 0.1) is 37.7 Å². The number of rotatable bonds is 10. The molecule has 1 aromatic heterocycles. The summed E-state index contributed by atoms with van der Waals surface area (Å²) in [6.07, 6.45) is 2.37. The summed E-state index contributed by atoms with van der Waals surface area (Å²) in [5, 5.41) is 20.7. The van der Waals surface area contributed by atoms with Gasteiger partial charge in [-0.2, -0.15) is 0 Å². The minimum atomic E-state index is -2.84. The lowest BCUT2D eigenvalue weighted by Crippen LogP contribution is -2.48. The van der Waals surface area contributed by atoms with Crippen LogP contribution in [0.2, 0.25) is 18.6 Å². The van der Waals surface area contributed by atoms with E-state index in [2.05, 4.69) is 15.6 Å². The van der Waals surface area contributed by atoms with Crippen molar-refractivity contribution < 1.29 is 29.0 Å². The summed E-state index contributed by atoms with van der Waals surface area (Å²) in [6, 6.07) is 13.4. The molecule has 4 atom stereocenters. The van der Waals surface area contributed by atoms with E-state index in [1.165, 1.54) is 0 Å². The first-order chi connectivity index (χ1) is 21.6. The number of fused-ring (bicyclic) bond motifs is 2. The topological polar surface area (TPSA) is 142 Å². The number of nitrogens with one attached hydrogen (secondary N) is 1. The number of carbonyl (C=O) groups excluding carboxylic acids is 2. The first kappa shape index (κ1) is 31.4. The van der Waals surface area contributed by atoms with E-state index >= 15 is 0 Å². The molecule has 12 nitrogen and oxygen atoms in total. The van der Waals surface area contributed by atoms with Crippen molar-refractivity contribution in [1.82, 2.24) is 20.3 Å². The third-order valence-corrected chi connectivity index (χ3v) is 11.9. The Morgan fingerprint density at radius 3 is 2.76 bits per heavy atom. The number of hydrogen-bond donors (Lipinski definition) is 3. The molecule has 0 aliphatic carbocycles. The second kappa shape index (κ2) is 12.3. The highest BCUT2D eigenvalue weighted by Gasteiger charge is 2.66. The van der Waals surface area contributed by atoms with Crippen molar-refractivity contribution in [2.75, 3.05) is 43.2 Å². The predicted molar refractivity (Wildman–Crippen MR) is 170 cm³/mol. The Hall–Kier alpha value is -3.62. The van der Waals surface area contributed by atoms with Gasteiger partial charge in [0.1, 0.15) is 5.75 Å². The highest BCUT2D eigenvalue weighted by atomic mass is 28.4. The Morgan fingerprint density at radius 2 is 2.02 bits per heavy atom. The van der Waals surface area contributed by atoms with Crippen LogP contribution in [0.5, 0.6) is 5.75 Å². The SMILES string of the molecule is COc1ccc2c(c1)[C@@]1(O[C@H](CCn3cc(CCO)nn3)[C@@H]([Si](C)(C)O)[C@@H]1C)C(=O)N2Cc1cccc(N2CCNCC2=O)c1. The zero-order chi connectivity index (χ0) is 31.9. The van der Waals surface area contributed by atoms with Gasteiger partial charge >= 0.3 is 0 Å². The number of aliphatic hydroxyl groups excluding tert-OH is 1. The molecule has 13 heteroatoms. The van der Waals surface area contributed by atoms with E-state index in [-0.39, 0.29) is 29.9 Å². The molecule has 0 radical (unpaired) electrons. The van der Waals surface area contributed by atoms with Crippen LogP contribution in [-0.4, -0.2) is 84.5 Å². The van der Waals surface area contributed by atoms with Crippen molar-refractivity contribution in [2.45, 2.75) is 63.2 Å². The van der Waals surface area contributed by atoms with Crippen molar-refractivity contribution in [3.63, 3.8) is 0 Å². The zero-order valence-corrected chi connectivity index (χ0v) is 27.3. The van der Waals surface area contributed by atoms with Gasteiger partial charge in [0.25, 0.3) is 5.91 Å². The number of aromatic nitrogens is 3. The fourth-order valence-corrected chi connectivity index (χ4v) is 10.0. The Kier molecular flexibility index (Phi) is 8.56. The molecule has 0 bridgehead atoms. The number of piperazine rings is 1. The van der Waals surface area contributed by atoms with Gasteiger partial charge in [0, 0.05) is 61.6 Å². The van der Waals surface area contributed by atoms with Crippen LogP contribution >= 0.6 is 0 Å². The smallest absolute Gasteiger partial charge is 0.264 e. The molecular weight excluding hydrogens is 592 g/mol. The van der Waals surface area contributed by atoms with Crippen molar-refractivity contribution >= 4 is 31.5 Å². The number of nitrogens with zero attached hydrogens (tertiary/aromatic N) is 5. The van der Waals surface area contributed by atoms with E-state index in [0.29, 0.717) is 50.5 Å². The maximum Gasteiger partial charge on any atom is 0.264 e. The van der Waals surface area contributed by atoms with Crippen LogP contribution in [0.4, 0.5) is 11.4 Å². The Morgan fingerprint density at radius 1 is 1.20 bits per heavy atom. The third-order valence-electron chi connectivity index (χ3n) is 9.44. The molecule has 0 unspecified atom stereocenters. The normalized spacial score (nSPS) is 25.0. The molecule has 2 saturated heterocycles. The van der Waals surface area contributed by atoms with E-state index in [9.17, 15) is 19.5 Å². The predicted octanol–water partition coefficient (Wildman–Crippen LogP) is 2.19. The molecule has 0 saturated carbocycles. The highest BCUT2D eigenvalue weighted by molar-refractivity contribution is 6.71. The second-order valence-electron chi connectivity index (χ2n) is 12.8. The van der Waals surface area contributed by atoms with Crippen LogP contribution in [0, 0.1) is 5.92 Å². The minimum Gasteiger partial charge on any atom is -0.497 e. The third kappa shape index (κ3) is 5.67. The summed E-state index contributed by atoms with van der Waals surface area (Å²) in [6.45, 7) is 8.23. The van der Waals surface area contributed by atoms with Crippen LogP contribution in [0.1, 0.15) is 30.2 Å². The number of hydrogen-bond acceptors (Lipinski definition) is 9. The van der Waals surface area contributed by atoms with E-state index in [1.54, 1.807) is 21.6 Å². The summed E-state index contributed by atoms with van der Waals surface area (Å²) >= 11 is 0. The lowest BCUT2D eigenvalue weighted by molar-refractivity contribution is -0.146. The van der Waals surface area contributed by atoms with Crippen LogP contribution in [-0.2, 0) is 39.4 Å². The first-order valence-corrected chi connectivity index (χ1v) is 18.6. The zero-order valence-electron chi connectivity index (χ0n) is 26.3. The average Bonchev–Trinajstić information content (AvgIpc) is 3.66. The fraction of sp³-hybridized carbons (Fsp3) is 0.500. The van der Waals surface area contributed by atoms with Crippen molar-refractivity contribution in [3.05, 3.63) is 65.5 Å². The van der Waals surface area contributed by atoms with Crippen molar-refractivity contribution in [2.24, 2.45) is 5.92 Å². The molecule has 45 heavy (non-hydrogen) atoms. The van der Waals surface area contributed by atoms with E-state index in [0.717, 1.165) is 29.0 Å².